The largest absolute Gasteiger partial charge is 0.469 e. The summed E-state index contributed by atoms with van der Waals surface area (Å²) in [6.07, 6.45) is 2.34. The van der Waals surface area contributed by atoms with Crippen molar-refractivity contribution in [3.8, 4) is 0 Å². The maximum absolute atomic E-state index is 13.9. The summed E-state index contributed by atoms with van der Waals surface area (Å²) in [6.45, 7) is 4.03. The Bertz CT molecular complexity index is 1040. The number of likely N-dealkylation sites (tertiary alicyclic amines) is 1. The van der Waals surface area contributed by atoms with Crippen LogP contribution in [0.2, 0.25) is 0 Å². The Morgan fingerprint density at radius 2 is 2.10 bits per heavy atom. The summed E-state index contributed by atoms with van der Waals surface area (Å²) in [5.41, 5.74) is -0.818. The molecule has 1 aromatic carbocycles. The number of nitrogens with one attached hydrogen (secondary N) is 1. The number of ether oxygens (including phenoxy) is 1. The van der Waals surface area contributed by atoms with E-state index in [2.05, 4.69) is 10.3 Å². The molecule has 0 radical (unpaired) electrons. The lowest BCUT2D eigenvalue weighted by Gasteiger charge is -2.39. The molecule has 7 nitrogen and oxygen atoms in total. The van der Waals surface area contributed by atoms with E-state index >= 15 is 0 Å². The van der Waals surface area contributed by atoms with E-state index in [1.54, 1.807) is 18.2 Å². The minimum Gasteiger partial charge on any atom is -0.469 e. The summed E-state index contributed by atoms with van der Waals surface area (Å²) >= 11 is 0. The number of hydrogen-bond acceptors (Lipinski definition) is 5. The van der Waals surface area contributed by atoms with E-state index in [0.717, 1.165) is 0 Å². The maximum Gasteiger partial charge on any atom is 0.312 e. The molecule has 2 aliphatic heterocycles. The molecule has 0 unspecified atom stereocenters. The number of carbonyl (C=O) groups excluding carboxylic acids is 3. The minimum atomic E-state index is -1.63. The monoisotopic (exact) mass is 425 g/mol. The average molecular weight is 425 g/mol. The number of carbonyl (C=O) groups is 3. The number of pyridine rings is 1. The van der Waals surface area contributed by atoms with Crippen LogP contribution >= 0.6 is 0 Å². The fraction of sp³-hybridized carbons (Fsp3) is 0.391. The predicted octanol–water partition coefficient (Wildman–Crippen LogP) is 3.12. The van der Waals surface area contributed by atoms with Gasteiger partial charge in [0.05, 0.1) is 13.0 Å². The number of methoxy groups -OCH3 is 1. The van der Waals surface area contributed by atoms with E-state index in [1.165, 1.54) is 36.4 Å². The highest BCUT2D eigenvalue weighted by atomic mass is 19.1. The van der Waals surface area contributed by atoms with Crippen LogP contribution in [-0.2, 0) is 19.9 Å². The topological polar surface area (TPSA) is 88.6 Å². The van der Waals surface area contributed by atoms with Crippen molar-refractivity contribution in [2.45, 2.75) is 38.3 Å². The molecule has 162 valence electrons. The lowest BCUT2D eigenvalue weighted by molar-refractivity contribution is -0.151. The van der Waals surface area contributed by atoms with Crippen molar-refractivity contribution in [2.75, 3.05) is 12.4 Å². The Morgan fingerprint density at radius 1 is 1.32 bits per heavy atom. The first-order valence-corrected chi connectivity index (χ1v) is 10.2. The third-order valence-electron chi connectivity index (χ3n) is 6.08. The molecule has 8 heteroatoms. The quantitative estimate of drug-likeness (QED) is 0.761. The third kappa shape index (κ3) is 3.17. The smallest absolute Gasteiger partial charge is 0.312 e. The first-order chi connectivity index (χ1) is 14.8. The number of halogens is 1. The Morgan fingerprint density at radius 3 is 2.74 bits per heavy atom. The molecular formula is C23H24FN3O4. The van der Waals surface area contributed by atoms with Crippen LogP contribution in [0.25, 0.3) is 0 Å². The Kier molecular flexibility index (Phi) is 5.24. The molecule has 3 heterocycles. The molecule has 0 aliphatic carbocycles. The van der Waals surface area contributed by atoms with Crippen LogP contribution in [-0.4, -0.2) is 40.8 Å². The van der Waals surface area contributed by atoms with Crippen molar-refractivity contribution in [3.05, 3.63) is 59.7 Å². The second kappa shape index (κ2) is 7.76. The number of amides is 2. The van der Waals surface area contributed by atoms with Crippen molar-refractivity contribution >= 4 is 23.5 Å². The molecule has 0 saturated carbocycles. The van der Waals surface area contributed by atoms with Gasteiger partial charge < -0.3 is 15.0 Å². The van der Waals surface area contributed by atoms with E-state index in [-0.39, 0.29) is 23.7 Å². The van der Waals surface area contributed by atoms with Crippen LogP contribution in [0.15, 0.2) is 42.6 Å². The van der Waals surface area contributed by atoms with Gasteiger partial charge in [0.1, 0.15) is 11.5 Å². The highest BCUT2D eigenvalue weighted by Gasteiger charge is 2.66. The number of fused-ring (bicyclic) bond motifs is 2. The zero-order valence-corrected chi connectivity index (χ0v) is 17.6. The first kappa shape index (κ1) is 21.0. The maximum atomic E-state index is 13.9. The highest BCUT2D eigenvalue weighted by molar-refractivity contribution is 6.12. The van der Waals surface area contributed by atoms with Gasteiger partial charge >= 0.3 is 5.97 Å². The number of nitrogens with zero attached hydrogens (tertiary/aromatic N) is 2. The second-order valence-corrected chi connectivity index (χ2v) is 8.40. The standard InChI is InChI=1S/C23H24FN3O4/c1-13(2)10-15-12-17(21(29)31-3)23(27(15)20(28)18-6-4-5-9-25-18)16-8-7-14(24)11-19(16)26-22(23)30/h4-9,11,13,15,17H,10,12H2,1-3H3,(H,26,30)/t15-,17-,23+/m0/s1. The molecule has 2 amide bonds. The van der Waals surface area contributed by atoms with E-state index in [0.29, 0.717) is 12.0 Å². The van der Waals surface area contributed by atoms with Crippen LogP contribution < -0.4 is 5.32 Å². The van der Waals surface area contributed by atoms with Crippen LogP contribution in [0.1, 0.15) is 42.7 Å². The van der Waals surface area contributed by atoms with Crippen LogP contribution in [0.5, 0.6) is 0 Å². The number of aromatic nitrogens is 1. The molecular weight excluding hydrogens is 401 g/mol. The van der Waals surface area contributed by atoms with Crippen molar-refractivity contribution < 1.29 is 23.5 Å². The fourth-order valence-corrected chi connectivity index (χ4v) is 4.97. The minimum absolute atomic E-state index is 0.171. The summed E-state index contributed by atoms with van der Waals surface area (Å²) in [6, 6.07) is 8.46. The molecule has 0 bridgehead atoms. The van der Waals surface area contributed by atoms with E-state index in [4.69, 9.17) is 4.74 Å². The molecule has 1 aromatic heterocycles. The highest BCUT2D eigenvalue weighted by Crippen LogP contribution is 2.54. The summed E-state index contributed by atoms with van der Waals surface area (Å²) < 4.78 is 19.0. The predicted molar refractivity (Wildman–Crippen MR) is 110 cm³/mol. The zero-order valence-electron chi connectivity index (χ0n) is 17.6. The van der Waals surface area contributed by atoms with E-state index < -0.39 is 41.1 Å². The van der Waals surface area contributed by atoms with Gasteiger partial charge in [0.15, 0.2) is 5.54 Å². The van der Waals surface area contributed by atoms with Crippen molar-refractivity contribution in [1.29, 1.82) is 0 Å². The normalized spacial score (nSPS) is 24.4. The van der Waals surface area contributed by atoms with Gasteiger partial charge in [0.25, 0.3) is 11.8 Å². The molecule has 1 fully saturated rings. The van der Waals surface area contributed by atoms with Crippen molar-refractivity contribution in [2.24, 2.45) is 11.8 Å². The first-order valence-electron chi connectivity index (χ1n) is 10.2. The SMILES string of the molecule is COC(=O)[C@@H]1C[C@H](CC(C)C)N(C(=O)c2ccccn2)[C@@]12C(=O)Nc1cc(F)ccc12. The number of anilines is 1. The molecule has 1 N–H and O–H groups in total. The molecule has 2 aromatic rings. The van der Waals surface area contributed by atoms with Gasteiger partial charge in [-0.25, -0.2) is 4.39 Å². The summed E-state index contributed by atoms with van der Waals surface area (Å²) in [5, 5.41) is 2.69. The number of benzene rings is 1. The average Bonchev–Trinajstić information content (AvgIpc) is 3.22. The van der Waals surface area contributed by atoms with Crippen LogP contribution in [0.4, 0.5) is 10.1 Å². The number of esters is 1. The molecule has 2 aliphatic rings. The lowest BCUT2D eigenvalue weighted by Crippen LogP contribution is -2.56. The Balaban J connectivity index is 1.96. The van der Waals surface area contributed by atoms with Crippen LogP contribution in [0, 0.1) is 17.7 Å². The summed E-state index contributed by atoms with van der Waals surface area (Å²) in [7, 11) is 1.26. The van der Waals surface area contributed by atoms with Gasteiger partial charge in [0.2, 0.25) is 0 Å². The van der Waals surface area contributed by atoms with Gasteiger partial charge in [-0.2, -0.15) is 0 Å². The van der Waals surface area contributed by atoms with Gasteiger partial charge in [-0.05, 0) is 43.0 Å². The molecule has 3 atom stereocenters. The third-order valence-corrected chi connectivity index (χ3v) is 6.08. The van der Waals surface area contributed by atoms with Gasteiger partial charge in [-0.15, -0.1) is 0 Å². The lowest BCUT2D eigenvalue weighted by atomic mass is 9.79. The zero-order chi connectivity index (χ0) is 22.3. The van der Waals surface area contributed by atoms with E-state index in [1.807, 2.05) is 13.8 Å². The molecule has 31 heavy (non-hydrogen) atoms. The number of hydrogen-bond donors (Lipinski definition) is 1. The Hall–Kier alpha value is -3.29. The van der Waals surface area contributed by atoms with E-state index in [9.17, 15) is 18.8 Å². The second-order valence-electron chi connectivity index (χ2n) is 8.40. The summed E-state index contributed by atoms with van der Waals surface area (Å²) in [4.78, 5) is 45.8. The van der Waals surface area contributed by atoms with Gasteiger partial charge in [-0.3, -0.25) is 19.4 Å². The van der Waals surface area contributed by atoms with Gasteiger partial charge in [0, 0.05) is 23.5 Å². The number of rotatable bonds is 4. The van der Waals surface area contributed by atoms with Crippen molar-refractivity contribution in [1.82, 2.24) is 9.88 Å². The fourth-order valence-electron chi connectivity index (χ4n) is 4.97. The molecule has 1 spiro atoms. The van der Waals surface area contributed by atoms with Gasteiger partial charge in [-0.1, -0.05) is 26.0 Å². The Labute approximate surface area is 179 Å². The molecule has 4 rings (SSSR count). The van der Waals surface area contributed by atoms with Crippen LogP contribution in [0.3, 0.4) is 0 Å². The summed E-state index contributed by atoms with van der Waals surface area (Å²) in [5.74, 6) is -2.83. The molecule has 1 saturated heterocycles. The van der Waals surface area contributed by atoms with Crippen molar-refractivity contribution in [3.63, 3.8) is 0 Å².